The Morgan fingerprint density at radius 1 is 1.17 bits per heavy atom. The smallest absolute Gasteiger partial charge is 0.414 e. The van der Waals surface area contributed by atoms with Gasteiger partial charge in [-0.1, -0.05) is 0 Å². The molecular formula is C12H17NO5. The van der Waals surface area contributed by atoms with Crippen LogP contribution in [-0.2, 0) is 14.4 Å². The molecule has 0 aromatic heterocycles. The van der Waals surface area contributed by atoms with Gasteiger partial charge in [0.25, 0.3) is 0 Å². The van der Waals surface area contributed by atoms with Crippen molar-refractivity contribution in [1.82, 2.24) is 4.90 Å². The number of rotatable bonds is 1. The fourth-order valence-corrected chi connectivity index (χ4v) is 2.27. The minimum atomic E-state index is -1.82. The number of piperidine rings is 3. The largest absolute Gasteiger partial charge is 0.473 e. The van der Waals surface area contributed by atoms with Crippen LogP contribution < -0.4 is 0 Å². The van der Waals surface area contributed by atoms with Crippen LogP contribution in [0.1, 0.15) is 19.8 Å². The van der Waals surface area contributed by atoms with Crippen molar-refractivity contribution in [2.75, 3.05) is 19.6 Å². The molecule has 6 nitrogen and oxygen atoms in total. The fourth-order valence-electron chi connectivity index (χ4n) is 2.27. The average molecular weight is 255 g/mol. The maximum atomic E-state index is 10.9. The van der Waals surface area contributed by atoms with Crippen molar-refractivity contribution in [2.24, 2.45) is 5.92 Å². The van der Waals surface area contributed by atoms with E-state index >= 15 is 0 Å². The molecule has 18 heavy (non-hydrogen) atoms. The zero-order valence-corrected chi connectivity index (χ0v) is 10.3. The number of ketones is 1. The van der Waals surface area contributed by atoms with Gasteiger partial charge in [0.05, 0.1) is 0 Å². The zero-order valence-electron chi connectivity index (χ0n) is 10.3. The van der Waals surface area contributed by atoms with Crippen molar-refractivity contribution in [3.05, 3.63) is 11.6 Å². The van der Waals surface area contributed by atoms with Crippen LogP contribution in [0.4, 0.5) is 0 Å². The van der Waals surface area contributed by atoms with E-state index in [1.165, 1.54) is 31.5 Å². The number of nitrogens with zero attached hydrogens (tertiary/aromatic N) is 1. The summed E-state index contributed by atoms with van der Waals surface area (Å²) in [5.41, 5.74) is 1.38. The Bertz CT molecular complexity index is 368. The van der Waals surface area contributed by atoms with Crippen molar-refractivity contribution in [1.29, 1.82) is 0 Å². The minimum absolute atomic E-state index is 0.207. The van der Waals surface area contributed by atoms with Gasteiger partial charge in [0.15, 0.2) is 5.78 Å². The summed E-state index contributed by atoms with van der Waals surface area (Å²) in [5, 5.41) is 14.8. The van der Waals surface area contributed by atoms with Gasteiger partial charge in [-0.05, 0) is 50.4 Å². The summed E-state index contributed by atoms with van der Waals surface area (Å²) >= 11 is 0. The third kappa shape index (κ3) is 4.29. The van der Waals surface area contributed by atoms with Gasteiger partial charge >= 0.3 is 11.9 Å². The van der Waals surface area contributed by atoms with Crippen molar-refractivity contribution in [3.63, 3.8) is 0 Å². The Balaban J connectivity index is 0.000000232. The number of allylic oxidation sites excluding steroid dienone is 1. The second-order valence-corrected chi connectivity index (χ2v) is 4.49. The van der Waals surface area contributed by atoms with E-state index in [4.69, 9.17) is 19.8 Å². The van der Waals surface area contributed by atoms with Gasteiger partial charge in [0.2, 0.25) is 0 Å². The average Bonchev–Trinajstić information content (AvgIpc) is 2.30. The third-order valence-electron chi connectivity index (χ3n) is 3.09. The van der Waals surface area contributed by atoms with Crippen LogP contribution in [0, 0.1) is 5.92 Å². The molecule has 0 spiro atoms. The lowest BCUT2D eigenvalue weighted by molar-refractivity contribution is -0.159. The number of hydrogen-bond donors (Lipinski definition) is 2. The van der Waals surface area contributed by atoms with Gasteiger partial charge < -0.3 is 10.2 Å². The Kier molecular flexibility index (Phi) is 5.03. The SMILES string of the molecule is CC(=O)/C=C1\CN2CCC1CC2.O=C(O)C(=O)O. The van der Waals surface area contributed by atoms with E-state index in [0.717, 1.165) is 12.5 Å². The molecule has 3 saturated heterocycles. The molecule has 100 valence electrons. The van der Waals surface area contributed by atoms with Crippen LogP contribution in [-0.4, -0.2) is 52.5 Å². The molecule has 0 aromatic rings. The molecule has 0 saturated carbocycles. The number of carbonyl (C=O) groups is 3. The quantitative estimate of drug-likeness (QED) is 0.519. The van der Waals surface area contributed by atoms with Crippen LogP contribution in [0.5, 0.6) is 0 Å². The molecule has 0 aliphatic carbocycles. The predicted molar refractivity (Wildman–Crippen MR) is 63.2 cm³/mol. The lowest BCUT2D eigenvalue weighted by atomic mass is 9.83. The molecule has 3 fully saturated rings. The summed E-state index contributed by atoms with van der Waals surface area (Å²) in [6, 6.07) is 0. The Morgan fingerprint density at radius 3 is 1.94 bits per heavy atom. The summed E-state index contributed by atoms with van der Waals surface area (Å²) in [6.07, 6.45) is 4.37. The maximum absolute atomic E-state index is 10.9. The van der Waals surface area contributed by atoms with Crippen LogP contribution >= 0.6 is 0 Å². The van der Waals surface area contributed by atoms with Crippen LogP contribution in [0.15, 0.2) is 11.6 Å². The van der Waals surface area contributed by atoms with Crippen LogP contribution in [0.25, 0.3) is 0 Å². The van der Waals surface area contributed by atoms with E-state index < -0.39 is 11.9 Å². The highest BCUT2D eigenvalue weighted by atomic mass is 16.4. The van der Waals surface area contributed by atoms with Gasteiger partial charge in [-0.2, -0.15) is 0 Å². The summed E-state index contributed by atoms with van der Waals surface area (Å²) in [5.74, 6) is -2.72. The molecule has 3 heterocycles. The van der Waals surface area contributed by atoms with Gasteiger partial charge in [-0.25, -0.2) is 9.59 Å². The number of carbonyl (C=O) groups excluding carboxylic acids is 1. The summed E-state index contributed by atoms with van der Waals surface area (Å²) in [7, 11) is 0. The molecule has 0 aromatic carbocycles. The first-order chi connectivity index (χ1) is 8.40. The molecule has 3 rings (SSSR count). The number of carboxylic acid groups (broad SMARTS) is 2. The molecule has 2 N–H and O–H groups in total. The standard InChI is InChI=1S/C10H15NO.C2H2O4/c1-8(12)6-10-7-11-4-2-9(10)3-5-11;3-1(4)2(5)6/h6,9H,2-5,7H2,1H3;(H,3,4)(H,5,6)/b10-6+;. The van der Waals surface area contributed by atoms with Gasteiger partial charge in [-0.15, -0.1) is 0 Å². The first-order valence-electron chi connectivity index (χ1n) is 5.79. The highest BCUT2D eigenvalue weighted by Gasteiger charge is 2.29. The second kappa shape index (κ2) is 6.30. The van der Waals surface area contributed by atoms with Crippen molar-refractivity contribution in [3.8, 4) is 0 Å². The molecular weight excluding hydrogens is 238 g/mol. The van der Waals surface area contributed by atoms with Gasteiger partial charge in [0.1, 0.15) is 0 Å². The lowest BCUT2D eigenvalue weighted by Crippen LogP contribution is -2.43. The Labute approximate surface area is 105 Å². The van der Waals surface area contributed by atoms with E-state index in [2.05, 4.69) is 4.90 Å². The maximum Gasteiger partial charge on any atom is 0.414 e. The fraction of sp³-hybridized carbons (Fsp3) is 0.583. The zero-order chi connectivity index (χ0) is 13.7. The molecule has 3 aliphatic heterocycles. The highest BCUT2D eigenvalue weighted by Crippen LogP contribution is 2.31. The van der Waals surface area contributed by atoms with Crippen molar-refractivity contribution in [2.45, 2.75) is 19.8 Å². The second-order valence-electron chi connectivity index (χ2n) is 4.49. The Morgan fingerprint density at radius 2 is 1.67 bits per heavy atom. The van der Waals surface area contributed by atoms with Crippen LogP contribution in [0.2, 0.25) is 0 Å². The van der Waals surface area contributed by atoms with E-state index in [1.54, 1.807) is 6.92 Å². The van der Waals surface area contributed by atoms with Crippen molar-refractivity contribution < 1.29 is 24.6 Å². The number of carboxylic acids is 2. The molecule has 0 amide bonds. The van der Waals surface area contributed by atoms with E-state index in [0.29, 0.717) is 0 Å². The number of hydrogen-bond acceptors (Lipinski definition) is 4. The molecule has 2 bridgehead atoms. The minimum Gasteiger partial charge on any atom is -0.473 e. The van der Waals surface area contributed by atoms with E-state index in [1.807, 2.05) is 6.08 Å². The van der Waals surface area contributed by atoms with E-state index in [9.17, 15) is 4.79 Å². The number of fused-ring (bicyclic) bond motifs is 3. The Hall–Kier alpha value is -1.69. The first-order valence-corrected chi connectivity index (χ1v) is 5.79. The monoisotopic (exact) mass is 255 g/mol. The summed E-state index contributed by atoms with van der Waals surface area (Å²) in [6.45, 7) is 5.16. The molecule has 3 aliphatic rings. The van der Waals surface area contributed by atoms with Crippen molar-refractivity contribution >= 4 is 17.7 Å². The molecule has 0 atom stereocenters. The highest BCUT2D eigenvalue weighted by molar-refractivity contribution is 6.27. The van der Waals surface area contributed by atoms with E-state index in [-0.39, 0.29) is 5.78 Å². The number of aliphatic carboxylic acids is 2. The normalized spacial score (nSPS) is 27.3. The molecule has 0 unspecified atom stereocenters. The van der Waals surface area contributed by atoms with Gasteiger partial charge in [-0.3, -0.25) is 9.69 Å². The van der Waals surface area contributed by atoms with Crippen LogP contribution in [0.3, 0.4) is 0 Å². The lowest BCUT2D eigenvalue weighted by Gasteiger charge is -2.40. The predicted octanol–water partition coefficient (Wildman–Crippen LogP) is 0.383. The topological polar surface area (TPSA) is 94.9 Å². The third-order valence-corrected chi connectivity index (χ3v) is 3.09. The summed E-state index contributed by atoms with van der Waals surface area (Å²) in [4.78, 5) is 31.5. The molecule has 0 radical (unpaired) electrons. The first kappa shape index (κ1) is 14.4. The summed E-state index contributed by atoms with van der Waals surface area (Å²) < 4.78 is 0. The molecule has 6 heteroatoms. The van der Waals surface area contributed by atoms with Gasteiger partial charge in [0, 0.05) is 6.54 Å².